The normalized spacial score (nSPS) is 26.9. The number of unbranched alkanes of at least 4 members (excludes halogenated alkanes) is 2. The van der Waals surface area contributed by atoms with E-state index in [4.69, 9.17) is 9.47 Å². The van der Waals surface area contributed by atoms with Crippen molar-refractivity contribution in [3.8, 4) is 11.1 Å². The number of nitrogens with one attached hydrogen (secondary N) is 2. The number of ether oxygens (including phenoxy) is 2. The van der Waals surface area contributed by atoms with Gasteiger partial charge in [-0.15, -0.1) is 0 Å². The summed E-state index contributed by atoms with van der Waals surface area (Å²) in [7, 11) is 0. The van der Waals surface area contributed by atoms with Crippen LogP contribution in [0.2, 0.25) is 0 Å². The number of amides is 2. The minimum atomic E-state index is -0.514. The van der Waals surface area contributed by atoms with Crippen LogP contribution in [0.5, 0.6) is 0 Å². The maximum Gasteiger partial charge on any atom is 0.220 e. The van der Waals surface area contributed by atoms with E-state index in [0.29, 0.717) is 36.4 Å². The third-order valence-corrected chi connectivity index (χ3v) is 11.5. The highest BCUT2D eigenvalue weighted by atomic mass is 16.7. The van der Waals surface area contributed by atoms with Crippen molar-refractivity contribution < 1.29 is 24.2 Å². The van der Waals surface area contributed by atoms with E-state index in [2.05, 4.69) is 91.8 Å². The lowest BCUT2D eigenvalue weighted by atomic mass is 9.65. The maximum atomic E-state index is 12.6. The first kappa shape index (κ1) is 38.2. The molecule has 52 heavy (non-hydrogen) atoms. The van der Waals surface area contributed by atoms with Crippen LogP contribution in [0.4, 0.5) is 0 Å². The van der Waals surface area contributed by atoms with E-state index in [-0.39, 0.29) is 36.5 Å². The van der Waals surface area contributed by atoms with Crippen molar-refractivity contribution in [2.45, 2.75) is 117 Å². The lowest BCUT2D eigenvalue weighted by Gasteiger charge is -2.43. The number of likely N-dealkylation sites (tertiary alicyclic amines) is 1. The molecule has 2 heterocycles. The van der Waals surface area contributed by atoms with E-state index in [9.17, 15) is 14.7 Å². The smallest absolute Gasteiger partial charge is 0.220 e. The second kappa shape index (κ2) is 16.6. The van der Waals surface area contributed by atoms with Crippen LogP contribution in [0.25, 0.3) is 11.1 Å². The highest BCUT2D eigenvalue weighted by molar-refractivity contribution is 5.76. The average molecular weight is 710 g/mol. The van der Waals surface area contributed by atoms with Gasteiger partial charge < -0.3 is 25.2 Å². The number of nitrogens with zero attached hydrogens (tertiary/aromatic N) is 1. The molecule has 2 bridgehead atoms. The van der Waals surface area contributed by atoms with Crippen molar-refractivity contribution in [3.05, 3.63) is 95.1 Å². The lowest BCUT2D eigenvalue weighted by Crippen LogP contribution is -2.46. The van der Waals surface area contributed by atoms with Crippen molar-refractivity contribution in [1.29, 1.82) is 0 Å². The molecule has 3 aromatic carbocycles. The molecular formula is C44H59N3O5. The SMILES string of the molecule is CC(=O)NCCCCCC(=O)NCc1ccccc1-c1ccc([C@@H]2O[C@H](CN3CC4(C)CC3CC(C)(C)C4)[C@H](C)[C@H](c3ccc(CO)cc3)O2)cc1. The second-order valence-electron chi connectivity index (χ2n) is 16.8. The molecule has 2 saturated heterocycles. The molecule has 3 aliphatic rings. The zero-order valence-electron chi connectivity index (χ0n) is 31.8. The molecule has 2 amide bonds. The summed E-state index contributed by atoms with van der Waals surface area (Å²) >= 11 is 0. The number of aliphatic hydroxyl groups is 1. The Labute approximate surface area is 310 Å². The number of benzene rings is 3. The van der Waals surface area contributed by atoms with Crippen LogP contribution in [0, 0.1) is 16.7 Å². The fourth-order valence-corrected chi connectivity index (χ4v) is 9.26. The molecule has 0 aromatic heterocycles. The molecule has 3 N–H and O–H groups in total. The summed E-state index contributed by atoms with van der Waals surface area (Å²) < 4.78 is 13.7. The van der Waals surface area contributed by atoms with Crippen LogP contribution in [0.1, 0.15) is 114 Å². The fraction of sp³-hybridized carbons (Fsp3) is 0.545. The Morgan fingerprint density at radius 2 is 1.62 bits per heavy atom. The van der Waals surface area contributed by atoms with Crippen LogP contribution in [0.15, 0.2) is 72.8 Å². The second-order valence-corrected chi connectivity index (χ2v) is 16.8. The summed E-state index contributed by atoms with van der Waals surface area (Å²) in [5.74, 6) is 0.159. The molecular weight excluding hydrogens is 651 g/mol. The monoisotopic (exact) mass is 709 g/mol. The lowest BCUT2D eigenvalue weighted by molar-refractivity contribution is -0.276. The van der Waals surface area contributed by atoms with Gasteiger partial charge in [0.1, 0.15) is 0 Å². The molecule has 8 nitrogen and oxygen atoms in total. The van der Waals surface area contributed by atoms with Gasteiger partial charge in [0.2, 0.25) is 11.8 Å². The summed E-state index contributed by atoms with van der Waals surface area (Å²) in [5, 5.41) is 15.6. The van der Waals surface area contributed by atoms with Gasteiger partial charge in [-0.25, -0.2) is 0 Å². The average Bonchev–Trinajstić information content (AvgIpc) is 3.36. The Bertz CT molecular complexity index is 1660. The van der Waals surface area contributed by atoms with Gasteiger partial charge in [0, 0.05) is 57.0 Å². The first-order valence-electron chi connectivity index (χ1n) is 19.4. The summed E-state index contributed by atoms with van der Waals surface area (Å²) in [6.07, 6.45) is 6.13. The maximum absolute atomic E-state index is 12.6. The van der Waals surface area contributed by atoms with Crippen LogP contribution < -0.4 is 10.6 Å². The molecule has 8 heteroatoms. The number of hydrogen-bond donors (Lipinski definition) is 3. The van der Waals surface area contributed by atoms with Crippen molar-refractivity contribution in [2.75, 3.05) is 19.6 Å². The third kappa shape index (κ3) is 9.51. The van der Waals surface area contributed by atoms with Crippen molar-refractivity contribution >= 4 is 11.8 Å². The molecule has 0 radical (unpaired) electrons. The molecule has 3 aromatic rings. The molecule has 1 saturated carbocycles. The molecule has 2 aliphatic heterocycles. The Balaban J connectivity index is 1.14. The van der Waals surface area contributed by atoms with Crippen molar-refractivity contribution in [1.82, 2.24) is 15.5 Å². The predicted molar refractivity (Wildman–Crippen MR) is 205 cm³/mol. The number of rotatable bonds is 14. The molecule has 2 unspecified atom stereocenters. The zero-order chi connectivity index (χ0) is 36.9. The molecule has 1 aliphatic carbocycles. The molecule has 3 fully saturated rings. The minimum absolute atomic E-state index is 0.00597. The largest absolute Gasteiger partial charge is 0.392 e. The van der Waals surface area contributed by atoms with Crippen LogP contribution in [-0.4, -0.2) is 53.6 Å². The number of carbonyl (C=O) groups excluding carboxylic acids is 2. The van der Waals surface area contributed by atoms with Crippen LogP contribution in [-0.2, 0) is 32.2 Å². The number of carbonyl (C=O) groups is 2. The Hall–Kier alpha value is -3.56. The van der Waals surface area contributed by atoms with Gasteiger partial charge in [-0.1, -0.05) is 107 Å². The minimum Gasteiger partial charge on any atom is -0.392 e. The first-order chi connectivity index (χ1) is 24.9. The van der Waals surface area contributed by atoms with Crippen LogP contribution >= 0.6 is 0 Å². The van der Waals surface area contributed by atoms with Gasteiger partial charge in [0.05, 0.1) is 18.8 Å². The third-order valence-electron chi connectivity index (χ3n) is 11.5. The van der Waals surface area contributed by atoms with E-state index >= 15 is 0 Å². The number of aliphatic hydroxyl groups excluding tert-OH is 1. The summed E-state index contributed by atoms with van der Waals surface area (Å²) in [6.45, 7) is 14.2. The molecule has 280 valence electrons. The fourth-order valence-electron chi connectivity index (χ4n) is 9.26. The van der Waals surface area contributed by atoms with Gasteiger partial charge in [0.25, 0.3) is 0 Å². The standard InChI is InChI=1S/C44H59N3O5/c1-30-39(26-47-29-44(5)24-37(47)23-43(3,4)28-44)51-42(52-41(30)34-16-14-32(27-48)15-17-34)35-20-18-33(19-21-35)38-12-9-8-11-36(38)25-46-40(50)13-7-6-10-22-45-31(2)49/h8-9,11-12,14-21,30,37,39,41-42,48H,6-7,10,13,22-29H2,1-5H3,(H,45,49)(H,46,50)/t30-,37?,39+,41+,42+,44?/m0/s1. The highest BCUT2D eigenvalue weighted by Gasteiger charge is 2.51. The van der Waals surface area contributed by atoms with Gasteiger partial charge >= 0.3 is 0 Å². The van der Waals surface area contributed by atoms with E-state index in [1.807, 2.05) is 24.3 Å². The van der Waals surface area contributed by atoms with E-state index < -0.39 is 6.29 Å². The van der Waals surface area contributed by atoms with Gasteiger partial charge in [0.15, 0.2) is 6.29 Å². The van der Waals surface area contributed by atoms with Crippen molar-refractivity contribution in [2.24, 2.45) is 16.7 Å². The number of fused-ring (bicyclic) bond motifs is 2. The Morgan fingerprint density at radius 1 is 0.885 bits per heavy atom. The first-order valence-corrected chi connectivity index (χ1v) is 19.4. The topological polar surface area (TPSA) is 100 Å². The molecule has 6 atom stereocenters. The number of hydrogen-bond acceptors (Lipinski definition) is 6. The van der Waals surface area contributed by atoms with Gasteiger partial charge in [-0.05, 0) is 70.8 Å². The summed E-state index contributed by atoms with van der Waals surface area (Å²) in [4.78, 5) is 26.4. The van der Waals surface area contributed by atoms with E-state index in [1.165, 1.54) is 26.2 Å². The van der Waals surface area contributed by atoms with Crippen molar-refractivity contribution in [3.63, 3.8) is 0 Å². The molecule has 6 rings (SSSR count). The predicted octanol–water partition coefficient (Wildman–Crippen LogP) is 7.85. The molecule has 0 spiro atoms. The quantitative estimate of drug-likeness (QED) is 0.148. The van der Waals surface area contributed by atoms with E-state index in [0.717, 1.165) is 65.7 Å². The Kier molecular flexibility index (Phi) is 12.2. The van der Waals surface area contributed by atoms with Gasteiger partial charge in [-0.3, -0.25) is 14.5 Å². The highest BCUT2D eigenvalue weighted by Crippen LogP contribution is 2.53. The zero-order valence-corrected chi connectivity index (χ0v) is 31.8. The summed E-state index contributed by atoms with van der Waals surface area (Å²) in [5.41, 5.74) is 6.91. The Morgan fingerprint density at radius 3 is 2.35 bits per heavy atom. The summed E-state index contributed by atoms with van der Waals surface area (Å²) in [6, 6.07) is 25.4. The van der Waals surface area contributed by atoms with E-state index in [1.54, 1.807) is 0 Å². The van der Waals surface area contributed by atoms with Crippen LogP contribution in [0.3, 0.4) is 0 Å². The van der Waals surface area contributed by atoms with Gasteiger partial charge in [-0.2, -0.15) is 0 Å².